The Kier molecular flexibility index (Phi) is 4.66. The maximum Gasteiger partial charge on any atom is 0.306 e. The van der Waals surface area contributed by atoms with E-state index < -0.39 is 5.97 Å². The van der Waals surface area contributed by atoms with Crippen LogP contribution in [-0.4, -0.2) is 48.1 Å². The number of carboxylic acids is 1. The zero-order valence-electron chi connectivity index (χ0n) is 13.6. The predicted molar refractivity (Wildman–Crippen MR) is 88.7 cm³/mol. The largest absolute Gasteiger partial charge is 0.481 e. The fourth-order valence-electron chi connectivity index (χ4n) is 3.63. The van der Waals surface area contributed by atoms with Gasteiger partial charge in [-0.3, -0.25) is 9.59 Å². The lowest BCUT2D eigenvalue weighted by Crippen LogP contribution is -2.37. The molecule has 0 aliphatic carbocycles. The fourth-order valence-corrected chi connectivity index (χ4v) is 3.63. The predicted octanol–water partition coefficient (Wildman–Crippen LogP) is 1.93. The molecule has 0 spiro atoms. The molecule has 1 saturated heterocycles. The van der Waals surface area contributed by atoms with Gasteiger partial charge in [-0.15, -0.1) is 0 Å². The first-order valence-electron chi connectivity index (χ1n) is 8.39. The molecule has 0 unspecified atom stereocenters. The van der Waals surface area contributed by atoms with Crippen LogP contribution in [0.25, 0.3) is 0 Å². The zero-order valence-corrected chi connectivity index (χ0v) is 13.6. The Labute approximate surface area is 136 Å². The van der Waals surface area contributed by atoms with Crippen LogP contribution >= 0.6 is 0 Å². The van der Waals surface area contributed by atoms with Crippen molar-refractivity contribution in [1.29, 1.82) is 0 Å². The number of anilines is 1. The first-order valence-corrected chi connectivity index (χ1v) is 8.39. The van der Waals surface area contributed by atoms with E-state index in [2.05, 4.69) is 23.1 Å². The number of likely N-dealkylation sites (tertiary alicyclic amines) is 1. The number of carbonyl (C=O) groups is 2. The molecule has 0 atom stereocenters. The van der Waals surface area contributed by atoms with E-state index in [1.54, 1.807) is 6.92 Å². The molecule has 3 rings (SSSR count). The van der Waals surface area contributed by atoms with Crippen LogP contribution in [0.3, 0.4) is 0 Å². The SMILES string of the molecule is CC(=O)N1CCc2cc(CCN3CCC(C(=O)O)CC3)ccc21. The van der Waals surface area contributed by atoms with Crippen LogP contribution in [0.1, 0.15) is 30.9 Å². The van der Waals surface area contributed by atoms with Gasteiger partial charge in [-0.05, 0) is 56.0 Å². The molecule has 1 aromatic carbocycles. The second-order valence-corrected chi connectivity index (χ2v) is 6.59. The number of hydrogen-bond acceptors (Lipinski definition) is 3. The van der Waals surface area contributed by atoms with Crippen molar-refractivity contribution in [1.82, 2.24) is 4.90 Å². The molecule has 1 fully saturated rings. The molecular formula is C18H24N2O3. The maximum absolute atomic E-state index is 11.6. The van der Waals surface area contributed by atoms with E-state index in [4.69, 9.17) is 5.11 Å². The van der Waals surface area contributed by atoms with Crippen LogP contribution in [-0.2, 0) is 22.4 Å². The quantitative estimate of drug-likeness (QED) is 0.922. The topological polar surface area (TPSA) is 60.9 Å². The van der Waals surface area contributed by atoms with Crippen molar-refractivity contribution in [2.75, 3.05) is 31.1 Å². The summed E-state index contributed by atoms with van der Waals surface area (Å²) in [6.07, 6.45) is 3.43. The van der Waals surface area contributed by atoms with E-state index in [0.717, 1.165) is 57.5 Å². The van der Waals surface area contributed by atoms with Gasteiger partial charge >= 0.3 is 5.97 Å². The highest BCUT2D eigenvalue weighted by atomic mass is 16.4. The Bertz CT molecular complexity index is 606. The molecule has 5 nitrogen and oxygen atoms in total. The number of hydrogen-bond donors (Lipinski definition) is 1. The summed E-state index contributed by atoms with van der Waals surface area (Å²) < 4.78 is 0. The summed E-state index contributed by atoms with van der Waals surface area (Å²) in [4.78, 5) is 26.8. The van der Waals surface area contributed by atoms with Gasteiger partial charge < -0.3 is 14.9 Å². The van der Waals surface area contributed by atoms with E-state index >= 15 is 0 Å². The molecule has 2 aliphatic rings. The van der Waals surface area contributed by atoms with Gasteiger partial charge in [0, 0.05) is 25.7 Å². The summed E-state index contributed by atoms with van der Waals surface area (Å²) in [6.45, 7) is 5.13. The van der Waals surface area contributed by atoms with Crippen molar-refractivity contribution < 1.29 is 14.7 Å². The molecule has 1 amide bonds. The van der Waals surface area contributed by atoms with E-state index in [9.17, 15) is 9.59 Å². The third kappa shape index (κ3) is 3.55. The van der Waals surface area contributed by atoms with Gasteiger partial charge in [-0.2, -0.15) is 0 Å². The van der Waals surface area contributed by atoms with Crippen LogP contribution in [0.4, 0.5) is 5.69 Å². The number of nitrogens with zero attached hydrogens (tertiary/aromatic N) is 2. The summed E-state index contributed by atoms with van der Waals surface area (Å²) in [6, 6.07) is 6.40. The lowest BCUT2D eigenvalue weighted by atomic mass is 9.96. The normalized spacial score (nSPS) is 18.9. The molecule has 1 aromatic rings. The molecule has 2 aliphatic heterocycles. The standard InChI is InChI=1S/C18H24N2O3/c1-13(21)20-11-7-16-12-14(2-3-17(16)20)4-8-19-9-5-15(6-10-19)18(22)23/h2-3,12,15H,4-11H2,1H3,(H,22,23). The molecular weight excluding hydrogens is 292 g/mol. The molecule has 124 valence electrons. The van der Waals surface area contributed by atoms with Crippen molar-refractivity contribution in [2.45, 2.75) is 32.6 Å². The van der Waals surface area contributed by atoms with Crippen molar-refractivity contribution in [3.05, 3.63) is 29.3 Å². The minimum atomic E-state index is -0.654. The molecule has 0 saturated carbocycles. The Morgan fingerprint density at radius 3 is 2.61 bits per heavy atom. The van der Waals surface area contributed by atoms with Gasteiger partial charge in [0.05, 0.1) is 5.92 Å². The summed E-state index contributed by atoms with van der Waals surface area (Å²) >= 11 is 0. The van der Waals surface area contributed by atoms with Crippen molar-refractivity contribution in [3.8, 4) is 0 Å². The summed E-state index contributed by atoms with van der Waals surface area (Å²) in [5, 5.41) is 9.04. The molecule has 0 bridgehead atoms. The van der Waals surface area contributed by atoms with E-state index in [1.165, 1.54) is 11.1 Å². The van der Waals surface area contributed by atoms with Gasteiger partial charge in [0.1, 0.15) is 0 Å². The maximum atomic E-state index is 11.6. The number of carbonyl (C=O) groups excluding carboxylic acids is 1. The third-order valence-corrected chi connectivity index (χ3v) is 5.07. The first kappa shape index (κ1) is 16.0. The number of fused-ring (bicyclic) bond motifs is 1. The third-order valence-electron chi connectivity index (χ3n) is 5.07. The van der Waals surface area contributed by atoms with Crippen LogP contribution in [0.5, 0.6) is 0 Å². The zero-order chi connectivity index (χ0) is 16.4. The molecule has 1 N–H and O–H groups in total. The van der Waals surface area contributed by atoms with Crippen LogP contribution in [0.2, 0.25) is 0 Å². The Morgan fingerprint density at radius 1 is 1.22 bits per heavy atom. The van der Waals surface area contributed by atoms with E-state index in [1.807, 2.05) is 4.90 Å². The highest BCUT2D eigenvalue weighted by Gasteiger charge is 2.25. The highest BCUT2D eigenvalue weighted by molar-refractivity contribution is 5.93. The minimum Gasteiger partial charge on any atom is -0.481 e. The lowest BCUT2D eigenvalue weighted by Gasteiger charge is -2.30. The highest BCUT2D eigenvalue weighted by Crippen LogP contribution is 2.29. The average molecular weight is 316 g/mol. The van der Waals surface area contributed by atoms with E-state index in [0.29, 0.717) is 0 Å². The van der Waals surface area contributed by atoms with Gasteiger partial charge in [0.25, 0.3) is 0 Å². The van der Waals surface area contributed by atoms with Gasteiger partial charge in [-0.25, -0.2) is 0 Å². The van der Waals surface area contributed by atoms with Crippen molar-refractivity contribution in [2.24, 2.45) is 5.92 Å². The molecule has 5 heteroatoms. The summed E-state index contributed by atoms with van der Waals surface area (Å²) in [5.41, 5.74) is 3.63. The number of aliphatic carboxylic acids is 1. The smallest absolute Gasteiger partial charge is 0.306 e. The Hall–Kier alpha value is -1.88. The number of carboxylic acid groups (broad SMARTS) is 1. The molecule has 2 heterocycles. The number of amides is 1. The summed E-state index contributed by atoms with van der Waals surface area (Å²) in [7, 11) is 0. The van der Waals surface area contributed by atoms with Gasteiger partial charge in [0.2, 0.25) is 5.91 Å². The fraction of sp³-hybridized carbons (Fsp3) is 0.556. The Balaban J connectivity index is 1.54. The first-order chi connectivity index (χ1) is 11.0. The van der Waals surface area contributed by atoms with Gasteiger partial charge in [0.15, 0.2) is 0 Å². The van der Waals surface area contributed by atoms with Gasteiger partial charge in [-0.1, -0.05) is 12.1 Å². The second-order valence-electron chi connectivity index (χ2n) is 6.59. The second kappa shape index (κ2) is 6.71. The molecule has 23 heavy (non-hydrogen) atoms. The minimum absolute atomic E-state index is 0.109. The number of benzene rings is 1. The lowest BCUT2D eigenvalue weighted by molar-refractivity contribution is -0.143. The van der Waals surface area contributed by atoms with Crippen LogP contribution in [0.15, 0.2) is 18.2 Å². The molecule has 0 radical (unpaired) electrons. The van der Waals surface area contributed by atoms with Crippen LogP contribution in [0, 0.1) is 5.92 Å². The summed E-state index contributed by atoms with van der Waals surface area (Å²) in [5.74, 6) is -0.708. The number of piperidine rings is 1. The number of rotatable bonds is 4. The van der Waals surface area contributed by atoms with E-state index in [-0.39, 0.29) is 11.8 Å². The monoisotopic (exact) mass is 316 g/mol. The van der Waals surface area contributed by atoms with Crippen molar-refractivity contribution in [3.63, 3.8) is 0 Å². The Morgan fingerprint density at radius 2 is 1.96 bits per heavy atom. The average Bonchev–Trinajstić information content (AvgIpc) is 2.96. The molecule has 0 aromatic heterocycles. The van der Waals surface area contributed by atoms with Crippen molar-refractivity contribution >= 4 is 17.6 Å². The van der Waals surface area contributed by atoms with Crippen LogP contribution < -0.4 is 4.90 Å².